The minimum Gasteiger partial charge on any atom is -0.365 e. The van der Waals surface area contributed by atoms with Crippen molar-refractivity contribution in [2.24, 2.45) is 11.5 Å². The molecule has 1 aromatic carbocycles. The minimum absolute atomic E-state index is 0.238. The quantitative estimate of drug-likeness (QED) is 0.844. The molecule has 0 fully saturated rings. The first kappa shape index (κ1) is 12.0. The van der Waals surface area contributed by atoms with Crippen LogP contribution in [0.5, 0.6) is 0 Å². The van der Waals surface area contributed by atoms with Crippen LogP contribution >= 0.6 is 11.8 Å². The van der Waals surface area contributed by atoms with Gasteiger partial charge in [-0.25, -0.2) is 0 Å². The Labute approximate surface area is 105 Å². The van der Waals surface area contributed by atoms with Crippen molar-refractivity contribution >= 4 is 17.7 Å². The maximum Gasteiger partial charge on any atom is 0.257 e. The molecule has 5 heteroatoms. The number of allylic oxidation sites excluding steroid dienone is 1. The van der Waals surface area contributed by atoms with E-state index in [1.807, 2.05) is 42.2 Å². The Bertz CT molecular complexity index is 458. The number of hydrogen-bond donors (Lipinski definition) is 2. The number of amides is 1. The number of carbonyl (C=O) groups excluding carboxylic acids is 1. The fourth-order valence-electron chi connectivity index (χ4n) is 1.82. The molecule has 4 N–H and O–H groups in total. The lowest BCUT2D eigenvalue weighted by molar-refractivity contribution is -0.114. The van der Waals surface area contributed by atoms with Gasteiger partial charge in [0.2, 0.25) is 0 Å². The van der Waals surface area contributed by atoms with Crippen LogP contribution in [0.15, 0.2) is 40.9 Å². The molecule has 0 radical (unpaired) electrons. The third kappa shape index (κ3) is 2.45. The predicted molar refractivity (Wildman–Crippen MR) is 69.4 cm³/mol. The third-order valence-electron chi connectivity index (χ3n) is 2.72. The first-order valence-electron chi connectivity index (χ1n) is 5.33. The summed E-state index contributed by atoms with van der Waals surface area (Å²) in [5.74, 6) is -0.404. The van der Waals surface area contributed by atoms with E-state index in [4.69, 9.17) is 11.5 Å². The highest BCUT2D eigenvalue weighted by atomic mass is 32.2. The molecular formula is C12H15N3OS. The second-order valence-electron chi connectivity index (χ2n) is 3.90. The zero-order chi connectivity index (χ0) is 12.4. The molecule has 0 saturated heterocycles. The SMILES string of the molecule is CC1=C(C(N)=O)SC(N)N1Cc1ccccc1. The van der Waals surface area contributed by atoms with Gasteiger partial charge in [0.25, 0.3) is 5.91 Å². The number of nitrogens with two attached hydrogens (primary N) is 2. The van der Waals surface area contributed by atoms with Crippen molar-refractivity contribution in [1.82, 2.24) is 4.90 Å². The Hall–Kier alpha value is -1.46. The van der Waals surface area contributed by atoms with E-state index in [9.17, 15) is 4.79 Å². The molecule has 0 aliphatic carbocycles. The summed E-state index contributed by atoms with van der Waals surface area (Å²) in [6.07, 6.45) is 0. The van der Waals surface area contributed by atoms with Crippen LogP contribution in [0.3, 0.4) is 0 Å². The number of nitrogens with zero attached hydrogens (tertiary/aromatic N) is 1. The number of primary amides is 1. The van der Waals surface area contributed by atoms with E-state index < -0.39 is 5.91 Å². The highest BCUT2D eigenvalue weighted by Crippen LogP contribution is 2.35. The van der Waals surface area contributed by atoms with Gasteiger partial charge in [-0.15, -0.1) is 0 Å². The Morgan fingerprint density at radius 2 is 2.06 bits per heavy atom. The number of hydrogen-bond acceptors (Lipinski definition) is 4. The maximum absolute atomic E-state index is 11.2. The van der Waals surface area contributed by atoms with Crippen molar-refractivity contribution in [2.75, 3.05) is 0 Å². The van der Waals surface area contributed by atoms with Crippen LogP contribution in [0.1, 0.15) is 12.5 Å². The maximum atomic E-state index is 11.2. The summed E-state index contributed by atoms with van der Waals surface area (Å²) in [6.45, 7) is 2.57. The summed E-state index contributed by atoms with van der Waals surface area (Å²) in [6, 6.07) is 10.0. The number of thioether (sulfide) groups is 1. The van der Waals surface area contributed by atoms with Crippen molar-refractivity contribution < 1.29 is 4.79 Å². The third-order valence-corrected chi connectivity index (χ3v) is 3.95. The highest BCUT2D eigenvalue weighted by Gasteiger charge is 2.29. The molecule has 1 heterocycles. The van der Waals surface area contributed by atoms with Crippen molar-refractivity contribution in [3.05, 3.63) is 46.5 Å². The van der Waals surface area contributed by atoms with Gasteiger partial charge in [-0.3, -0.25) is 4.79 Å². The van der Waals surface area contributed by atoms with Gasteiger partial charge in [0, 0.05) is 12.2 Å². The van der Waals surface area contributed by atoms with E-state index >= 15 is 0 Å². The summed E-state index contributed by atoms with van der Waals surface area (Å²) >= 11 is 1.32. The van der Waals surface area contributed by atoms with E-state index in [0.717, 1.165) is 11.3 Å². The highest BCUT2D eigenvalue weighted by molar-refractivity contribution is 8.04. The summed E-state index contributed by atoms with van der Waals surface area (Å²) in [5.41, 5.74) is 13.1. The Morgan fingerprint density at radius 1 is 1.41 bits per heavy atom. The van der Waals surface area contributed by atoms with Gasteiger partial charge in [0.05, 0.1) is 4.91 Å². The largest absolute Gasteiger partial charge is 0.365 e. The second kappa shape index (κ2) is 4.81. The molecule has 1 aliphatic rings. The van der Waals surface area contributed by atoms with Crippen molar-refractivity contribution in [3.8, 4) is 0 Å². The summed E-state index contributed by atoms with van der Waals surface area (Å²) in [5, 5.41) is 0. The standard InChI is InChI=1S/C12H15N3OS/c1-8-10(11(13)16)17-12(14)15(8)7-9-5-3-2-4-6-9/h2-6,12H,7,14H2,1H3,(H2,13,16). The lowest BCUT2D eigenvalue weighted by atomic mass is 10.2. The first-order chi connectivity index (χ1) is 8.09. The number of benzene rings is 1. The van der Waals surface area contributed by atoms with Gasteiger partial charge < -0.3 is 16.4 Å². The van der Waals surface area contributed by atoms with E-state index in [2.05, 4.69) is 0 Å². The lowest BCUT2D eigenvalue weighted by Gasteiger charge is -2.24. The Morgan fingerprint density at radius 3 is 2.59 bits per heavy atom. The van der Waals surface area contributed by atoms with Gasteiger partial charge in [-0.2, -0.15) is 0 Å². The van der Waals surface area contributed by atoms with Crippen LogP contribution in [0.2, 0.25) is 0 Å². The van der Waals surface area contributed by atoms with Gasteiger partial charge in [0.1, 0.15) is 5.50 Å². The first-order valence-corrected chi connectivity index (χ1v) is 6.21. The summed E-state index contributed by atoms with van der Waals surface area (Å²) < 4.78 is 0. The molecule has 1 aliphatic heterocycles. The molecule has 90 valence electrons. The second-order valence-corrected chi connectivity index (χ2v) is 5.03. The van der Waals surface area contributed by atoms with Crippen molar-refractivity contribution in [3.63, 3.8) is 0 Å². The average molecular weight is 249 g/mol. The summed E-state index contributed by atoms with van der Waals surface area (Å²) in [4.78, 5) is 13.8. The van der Waals surface area contributed by atoms with E-state index in [1.54, 1.807) is 0 Å². The summed E-state index contributed by atoms with van der Waals surface area (Å²) in [7, 11) is 0. The number of carbonyl (C=O) groups is 1. The topological polar surface area (TPSA) is 72.3 Å². The van der Waals surface area contributed by atoms with Gasteiger partial charge in [0.15, 0.2) is 0 Å². The fourth-order valence-corrected chi connectivity index (χ4v) is 2.82. The molecular weight excluding hydrogens is 234 g/mol. The average Bonchev–Trinajstić information content (AvgIpc) is 2.58. The molecule has 0 saturated carbocycles. The van der Waals surface area contributed by atoms with E-state index in [-0.39, 0.29) is 5.50 Å². The molecule has 0 spiro atoms. The van der Waals surface area contributed by atoms with Crippen LogP contribution in [0, 0.1) is 0 Å². The zero-order valence-corrected chi connectivity index (χ0v) is 10.4. The van der Waals surface area contributed by atoms with Gasteiger partial charge in [-0.05, 0) is 12.5 Å². The zero-order valence-electron chi connectivity index (χ0n) is 9.59. The van der Waals surface area contributed by atoms with Crippen molar-refractivity contribution in [1.29, 1.82) is 0 Å². The van der Waals surface area contributed by atoms with E-state index in [1.165, 1.54) is 11.8 Å². The normalized spacial score (nSPS) is 19.9. The number of rotatable bonds is 3. The lowest BCUT2D eigenvalue weighted by Crippen LogP contribution is -2.33. The molecule has 0 bridgehead atoms. The van der Waals surface area contributed by atoms with Gasteiger partial charge in [-0.1, -0.05) is 42.1 Å². The minimum atomic E-state index is -0.404. The van der Waals surface area contributed by atoms with Crippen LogP contribution in [-0.2, 0) is 11.3 Å². The molecule has 17 heavy (non-hydrogen) atoms. The Kier molecular flexibility index (Phi) is 3.40. The molecule has 1 atom stereocenters. The van der Waals surface area contributed by atoms with E-state index in [0.29, 0.717) is 11.4 Å². The molecule has 4 nitrogen and oxygen atoms in total. The molecule has 1 aromatic rings. The smallest absolute Gasteiger partial charge is 0.257 e. The molecule has 1 amide bonds. The van der Waals surface area contributed by atoms with Crippen LogP contribution in [0.4, 0.5) is 0 Å². The van der Waals surface area contributed by atoms with Crippen LogP contribution in [-0.4, -0.2) is 16.3 Å². The molecule has 2 rings (SSSR count). The van der Waals surface area contributed by atoms with Crippen molar-refractivity contribution in [2.45, 2.75) is 19.0 Å². The Balaban J connectivity index is 2.19. The molecule has 0 aromatic heterocycles. The van der Waals surface area contributed by atoms with Gasteiger partial charge >= 0.3 is 0 Å². The monoisotopic (exact) mass is 249 g/mol. The van der Waals surface area contributed by atoms with Crippen LogP contribution in [0.25, 0.3) is 0 Å². The van der Waals surface area contributed by atoms with Crippen LogP contribution < -0.4 is 11.5 Å². The fraction of sp³-hybridized carbons (Fsp3) is 0.250. The predicted octanol–water partition coefficient (Wildman–Crippen LogP) is 1.19. The molecule has 1 unspecified atom stereocenters.